The predicted molar refractivity (Wildman–Crippen MR) is 87.8 cm³/mol. The maximum Gasteiger partial charge on any atom is 0.251 e. The molecule has 2 aromatic rings. The summed E-state index contributed by atoms with van der Waals surface area (Å²) in [6, 6.07) is 12.2. The van der Waals surface area contributed by atoms with Crippen LogP contribution < -0.4 is 15.8 Å². The second-order valence-electron chi connectivity index (χ2n) is 4.31. The molecule has 1 amide bonds. The molecule has 0 fully saturated rings. The van der Waals surface area contributed by atoms with E-state index in [1.807, 2.05) is 12.1 Å². The van der Waals surface area contributed by atoms with E-state index in [4.69, 9.17) is 22.1 Å². The molecule has 0 aliphatic carbocycles. The number of ether oxygens (including phenoxy) is 1. The van der Waals surface area contributed by atoms with E-state index in [9.17, 15) is 4.79 Å². The van der Waals surface area contributed by atoms with Crippen LogP contribution >= 0.6 is 27.5 Å². The number of amides is 1. The Kier molecular flexibility index (Phi) is 5.47. The number of benzene rings is 2. The molecule has 0 heterocycles. The number of rotatable bonds is 5. The fraction of sp³-hybridized carbons (Fsp3) is 0.133. The quantitative estimate of drug-likeness (QED) is 0.626. The average Bonchev–Trinajstić information content (AvgIpc) is 2.46. The van der Waals surface area contributed by atoms with Crippen molar-refractivity contribution in [3.8, 4) is 5.75 Å². The van der Waals surface area contributed by atoms with Gasteiger partial charge in [0.2, 0.25) is 0 Å². The molecular weight excluding hydrogens is 356 g/mol. The zero-order valence-corrected chi connectivity index (χ0v) is 13.4. The Hall–Kier alpha value is -1.72. The Morgan fingerprint density at radius 3 is 2.81 bits per heavy atom. The maximum atomic E-state index is 11.9. The third-order valence-electron chi connectivity index (χ3n) is 2.70. The molecule has 6 heteroatoms. The van der Waals surface area contributed by atoms with Crippen LogP contribution in [0, 0.1) is 0 Å². The highest BCUT2D eigenvalue weighted by Crippen LogP contribution is 2.23. The van der Waals surface area contributed by atoms with Crippen molar-refractivity contribution in [3.63, 3.8) is 0 Å². The summed E-state index contributed by atoms with van der Waals surface area (Å²) < 4.78 is 6.18. The van der Waals surface area contributed by atoms with Crippen molar-refractivity contribution in [1.82, 2.24) is 5.32 Å². The van der Waals surface area contributed by atoms with Crippen molar-refractivity contribution in [2.75, 3.05) is 18.9 Å². The zero-order valence-electron chi connectivity index (χ0n) is 11.1. The van der Waals surface area contributed by atoms with Crippen LogP contribution in [-0.4, -0.2) is 19.1 Å². The Balaban J connectivity index is 1.80. The minimum atomic E-state index is -0.177. The number of carbonyl (C=O) groups excluding carboxylic acids is 1. The molecular formula is C15H14BrClN2O2. The van der Waals surface area contributed by atoms with Gasteiger partial charge in [0.05, 0.1) is 11.6 Å². The van der Waals surface area contributed by atoms with E-state index in [1.165, 1.54) is 0 Å². The lowest BCUT2D eigenvalue weighted by atomic mass is 10.2. The number of nitrogen functional groups attached to an aromatic ring is 1. The second-order valence-corrected chi connectivity index (χ2v) is 5.57. The topological polar surface area (TPSA) is 64.3 Å². The van der Waals surface area contributed by atoms with Gasteiger partial charge in [-0.1, -0.05) is 17.7 Å². The van der Waals surface area contributed by atoms with Crippen LogP contribution in [-0.2, 0) is 0 Å². The van der Waals surface area contributed by atoms with Gasteiger partial charge in [-0.25, -0.2) is 0 Å². The lowest BCUT2D eigenvalue weighted by Crippen LogP contribution is -2.28. The van der Waals surface area contributed by atoms with Gasteiger partial charge in [-0.15, -0.1) is 0 Å². The highest BCUT2D eigenvalue weighted by atomic mass is 79.9. The van der Waals surface area contributed by atoms with E-state index in [0.29, 0.717) is 39.6 Å². The number of hydrogen-bond acceptors (Lipinski definition) is 3. The van der Waals surface area contributed by atoms with Crippen LogP contribution in [0.3, 0.4) is 0 Å². The van der Waals surface area contributed by atoms with Gasteiger partial charge in [0.1, 0.15) is 12.4 Å². The van der Waals surface area contributed by atoms with Gasteiger partial charge in [0.25, 0.3) is 5.91 Å². The summed E-state index contributed by atoms with van der Waals surface area (Å²) in [5, 5.41) is 3.34. The number of halogens is 2. The minimum Gasteiger partial charge on any atom is -0.492 e. The molecule has 0 bridgehead atoms. The highest BCUT2D eigenvalue weighted by molar-refractivity contribution is 9.10. The van der Waals surface area contributed by atoms with Gasteiger partial charge in [0.15, 0.2) is 0 Å². The first-order valence-electron chi connectivity index (χ1n) is 6.28. The molecule has 2 rings (SSSR count). The Labute approximate surface area is 136 Å². The predicted octanol–water partition coefficient (Wildman–Crippen LogP) is 3.49. The molecule has 0 aromatic heterocycles. The van der Waals surface area contributed by atoms with Crippen molar-refractivity contribution in [2.45, 2.75) is 0 Å². The first-order valence-corrected chi connectivity index (χ1v) is 7.45. The van der Waals surface area contributed by atoms with E-state index < -0.39 is 0 Å². The van der Waals surface area contributed by atoms with E-state index in [1.54, 1.807) is 30.3 Å². The number of nitrogens with one attached hydrogen (secondary N) is 1. The first-order chi connectivity index (χ1) is 10.1. The monoisotopic (exact) mass is 368 g/mol. The van der Waals surface area contributed by atoms with Gasteiger partial charge in [-0.2, -0.15) is 0 Å². The number of hydrogen-bond donors (Lipinski definition) is 2. The van der Waals surface area contributed by atoms with E-state index in [0.717, 1.165) is 0 Å². The molecule has 0 radical (unpaired) electrons. The summed E-state index contributed by atoms with van der Waals surface area (Å²) >= 11 is 9.17. The highest BCUT2D eigenvalue weighted by Gasteiger charge is 2.07. The molecule has 0 atom stereocenters. The van der Waals surface area contributed by atoms with Crippen LogP contribution in [0.5, 0.6) is 5.75 Å². The molecule has 110 valence electrons. The largest absolute Gasteiger partial charge is 0.492 e. The second kappa shape index (κ2) is 7.33. The van der Waals surface area contributed by atoms with Gasteiger partial charge < -0.3 is 15.8 Å². The number of carbonyl (C=O) groups is 1. The minimum absolute atomic E-state index is 0.177. The van der Waals surface area contributed by atoms with Crippen molar-refractivity contribution >= 4 is 39.1 Å². The first kappa shape index (κ1) is 15.7. The molecule has 0 aliphatic heterocycles. The average molecular weight is 370 g/mol. The number of nitrogens with two attached hydrogens (primary N) is 1. The lowest BCUT2D eigenvalue weighted by molar-refractivity contribution is 0.0947. The normalized spacial score (nSPS) is 10.2. The Morgan fingerprint density at radius 1 is 1.29 bits per heavy atom. The van der Waals surface area contributed by atoms with Crippen LogP contribution in [0.25, 0.3) is 0 Å². The molecule has 3 N–H and O–H groups in total. The molecule has 0 spiro atoms. The third-order valence-corrected chi connectivity index (χ3v) is 3.91. The molecule has 21 heavy (non-hydrogen) atoms. The summed E-state index contributed by atoms with van der Waals surface area (Å²) in [6.45, 7) is 0.762. The summed E-state index contributed by atoms with van der Waals surface area (Å²) in [7, 11) is 0. The third kappa shape index (κ3) is 4.65. The molecule has 0 saturated carbocycles. The van der Waals surface area contributed by atoms with Crippen LogP contribution in [0.1, 0.15) is 10.4 Å². The molecule has 0 unspecified atom stereocenters. The molecule has 4 nitrogen and oxygen atoms in total. The lowest BCUT2D eigenvalue weighted by Gasteiger charge is -2.08. The van der Waals surface area contributed by atoms with Crippen LogP contribution in [0.15, 0.2) is 46.9 Å². The summed E-state index contributed by atoms with van der Waals surface area (Å²) in [6.07, 6.45) is 0. The van der Waals surface area contributed by atoms with Crippen molar-refractivity contribution in [1.29, 1.82) is 0 Å². The zero-order chi connectivity index (χ0) is 15.2. The van der Waals surface area contributed by atoms with E-state index in [-0.39, 0.29) is 5.91 Å². The van der Waals surface area contributed by atoms with Gasteiger partial charge >= 0.3 is 0 Å². The van der Waals surface area contributed by atoms with E-state index >= 15 is 0 Å². The fourth-order valence-electron chi connectivity index (χ4n) is 1.68. The summed E-state index contributed by atoms with van der Waals surface area (Å²) in [5.41, 5.74) is 6.83. The van der Waals surface area contributed by atoms with Gasteiger partial charge in [0, 0.05) is 21.8 Å². The SMILES string of the molecule is Nc1cccc(OCCNC(=O)c2ccc(Cl)c(Br)c2)c1. The van der Waals surface area contributed by atoms with Crippen LogP contribution in [0.4, 0.5) is 5.69 Å². The number of anilines is 1. The maximum absolute atomic E-state index is 11.9. The summed E-state index contributed by atoms with van der Waals surface area (Å²) in [4.78, 5) is 11.9. The fourth-order valence-corrected chi connectivity index (χ4v) is 2.17. The Bertz CT molecular complexity index is 649. The standard InChI is InChI=1S/C15H14BrClN2O2/c16-13-8-10(4-5-14(13)17)15(20)19-6-7-21-12-3-1-2-11(18)9-12/h1-5,8-9H,6-7,18H2,(H,19,20). The smallest absolute Gasteiger partial charge is 0.251 e. The van der Waals surface area contributed by atoms with Gasteiger partial charge in [-0.05, 0) is 46.3 Å². The Morgan fingerprint density at radius 2 is 2.10 bits per heavy atom. The molecule has 0 saturated heterocycles. The molecule has 0 aliphatic rings. The van der Waals surface area contributed by atoms with Crippen molar-refractivity contribution in [2.24, 2.45) is 0 Å². The van der Waals surface area contributed by atoms with Crippen molar-refractivity contribution < 1.29 is 9.53 Å². The summed E-state index contributed by atoms with van der Waals surface area (Å²) in [5.74, 6) is 0.502. The molecule has 2 aromatic carbocycles. The van der Waals surface area contributed by atoms with Gasteiger partial charge in [-0.3, -0.25) is 4.79 Å². The van der Waals surface area contributed by atoms with E-state index in [2.05, 4.69) is 21.2 Å². The van der Waals surface area contributed by atoms with Crippen molar-refractivity contribution in [3.05, 3.63) is 57.5 Å². The van der Waals surface area contributed by atoms with Crippen LogP contribution in [0.2, 0.25) is 5.02 Å².